The van der Waals surface area contributed by atoms with Crippen molar-refractivity contribution in [3.8, 4) is 5.75 Å². The number of amidine groups is 1. The molecule has 1 aromatic carbocycles. The van der Waals surface area contributed by atoms with E-state index in [2.05, 4.69) is 14.4 Å². The van der Waals surface area contributed by atoms with Crippen molar-refractivity contribution < 1.29 is 9.53 Å². The molecule has 1 atom stereocenters. The van der Waals surface area contributed by atoms with E-state index < -0.39 is 0 Å². The number of nitrogens with zero attached hydrogens (tertiary/aromatic N) is 3. The molecule has 2 aromatic rings. The topological polar surface area (TPSA) is 63.9 Å². The molecule has 0 radical (unpaired) electrons. The largest absolute Gasteiger partial charge is 0.422 e. The minimum atomic E-state index is -0.117. The molecule has 6 heteroatoms. The molecule has 0 saturated heterocycles. The van der Waals surface area contributed by atoms with Gasteiger partial charge in [-0.25, -0.2) is 0 Å². The third-order valence-corrected chi connectivity index (χ3v) is 3.80. The van der Waals surface area contributed by atoms with Crippen LogP contribution in [0.4, 0.5) is 0 Å². The lowest BCUT2D eigenvalue weighted by Gasteiger charge is -2.16. The number of ether oxygens (including phenoxy) is 1. The van der Waals surface area contributed by atoms with Gasteiger partial charge in [-0.1, -0.05) is 30.3 Å². The zero-order valence-corrected chi connectivity index (χ0v) is 12.7. The van der Waals surface area contributed by atoms with Crippen LogP contribution >= 0.6 is 11.9 Å². The van der Waals surface area contributed by atoms with Crippen LogP contribution < -0.4 is 4.74 Å². The van der Waals surface area contributed by atoms with E-state index in [0.717, 1.165) is 0 Å². The van der Waals surface area contributed by atoms with Gasteiger partial charge in [0.2, 0.25) is 5.78 Å². The third-order valence-electron chi connectivity index (χ3n) is 3.00. The molecule has 0 aliphatic carbocycles. The van der Waals surface area contributed by atoms with Crippen molar-refractivity contribution in [1.82, 2.24) is 4.98 Å². The smallest absolute Gasteiger partial charge is 0.329 e. The standard InChI is InChI=1S/C16H13N3O2S/c1-11-14(15(20)12-6-3-2-4-7-12)18-16(19-22-11)21-13-8-5-9-17-10-13/h2-11H,1H3. The number of ketones is 1. The minimum Gasteiger partial charge on any atom is -0.422 e. The summed E-state index contributed by atoms with van der Waals surface area (Å²) in [7, 11) is 0. The van der Waals surface area contributed by atoms with Crippen molar-refractivity contribution in [2.45, 2.75) is 12.2 Å². The number of Topliss-reactive ketones (excluding diaryl/α,β-unsaturated/α-hetero) is 1. The van der Waals surface area contributed by atoms with Gasteiger partial charge in [-0.2, -0.15) is 9.39 Å². The summed E-state index contributed by atoms with van der Waals surface area (Å²) in [6, 6.07) is 12.8. The van der Waals surface area contributed by atoms with Gasteiger partial charge in [-0.05, 0) is 31.0 Å². The normalized spacial score (nSPS) is 17.4. The summed E-state index contributed by atoms with van der Waals surface area (Å²) < 4.78 is 9.72. The maximum Gasteiger partial charge on any atom is 0.329 e. The van der Waals surface area contributed by atoms with Crippen LogP contribution in [0.5, 0.6) is 5.75 Å². The Morgan fingerprint density at radius 3 is 2.73 bits per heavy atom. The van der Waals surface area contributed by atoms with Crippen LogP contribution in [-0.2, 0) is 0 Å². The van der Waals surface area contributed by atoms with Crippen LogP contribution in [0, 0.1) is 0 Å². The van der Waals surface area contributed by atoms with Gasteiger partial charge in [0, 0.05) is 11.8 Å². The lowest BCUT2D eigenvalue weighted by molar-refractivity contribution is 0.106. The fraction of sp³-hybridized carbons (Fsp3) is 0.125. The highest BCUT2D eigenvalue weighted by Crippen LogP contribution is 2.22. The maximum atomic E-state index is 12.5. The van der Waals surface area contributed by atoms with E-state index in [4.69, 9.17) is 4.74 Å². The predicted molar refractivity (Wildman–Crippen MR) is 87.6 cm³/mol. The van der Waals surface area contributed by atoms with Gasteiger partial charge in [0.1, 0.15) is 11.5 Å². The van der Waals surface area contributed by atoms with Gasteiger partial charge in [-0.3, -0.25) is 9.78 Å². The fourth-order valence-electron chi connectivity index (χ4n) is 1.92. The highest BCUT2D eigenvalue weighted by atomic mass is 32.2. The SMILES string of the molecule is CC1SN=C(Oc2cccnc2)N=C1C(=O)c1ccccc1. The van der Waals surface area contributed by atoms with Crippen LogP contribution in [0.3, 0.4) is 0 Å². The predicted octanol–water partition coefficient (Wildman–Crippen LogP) is 3.19. The van der Waals surface area contributed by atoms with Crippen molar-refractivity contribution in [2.75, 3.05) is 0 Å². The Bertz CT molecular complexity index is 730. The van der Waals surface area contributed by atoms with Crippen LogP contribution in [0.2, 0.25) is 0 Å². The van der Waals surface area contributed by atoms with Crippen LogP contribution in [0.15, 0.2) is 64.2 Å². The molecule has 0 fully saturated rings. The average molecular weight is 311 g/mol. The lowest BCUT2D eigenvalue weighted by atomic mass is 10.1. The Morgan fingerprint density at radius 2 is 2.00 bits per heavy atom. The number of hydrogen-bond donors (Lipinski definition) is 0. The van der Waals surface area contributed by atoms with E-state index >= 15 is 0 Å². The Balaban J connectivity index is 1.84. The molecule has 5 nitrogen and oxygen atoms in total. The van der Waals surface area contributed by atoms with Crippen LogP contribution in [-0.4, -0.2) is 27.8 Å². The number of aromatic nitrogens is 1. The summed E-state index contributed by atoms with van der Waals surface area (Å²) in [5.74, 6) is 0.425. The van der Waals surface area contributed by atoms with Crippen molar-refractivity contribution in [3.05, 3.63) is 60.4 Å². The molecule has 2 heterocycles. The number of rotatable bonds is 3. The third kappa shape index (κ3) is 3.23. The molecule has 0 amide bonds. The van der Waals surface area contributed by atoms with Crippen molar-refractivity contribution in [2.24, 2.45) is 9.39 Å². The molecule has 0 spiro atoms. The van der Waals surface area contributed by atoms with E-state index in [1.807, 2.05) is 25.1 Å². The highest BCUT2D eigenvalue weighted by molar-refractivity contribution is 7.99. The molecule has 1 aliphatic heterocycles. The summed E-state index contributed by atoms with van der Waals surface area (Å²) >= 11 is 1.27. The Labute approximate surface area is 132 Å². The highest BCUT2D eigenvalue weighted by Gasteiger charge is 2.26. The second-order valence-corrected chi connectivity index (χ2v) is 5.70. The monoisotopic (exact) mass is 311 g/mol. The van der Waals surface area contributed by atoms with Gasteiger partial charge >= 0.3 is 6.02 Å². The molecule has 0 bridgehead atoms. The number of carbonyl (C=O) groups excluding carboxylic acids is 1. The molecular formula is C16H13N3O2S. The van der Waals surface area contributed by atoms with Crippen LogP contribution in [0.25, 0.3) is 0 Å². The number of aliphatic imine (C=N–C) groups is 1. The molecule has 0 saturated carbocycles. The first kappa shape index (κ1) is 14.5. The second kappa shape index (κ2) is 6.53. The minimum absolute atomic E-state index is 0.109. The molecule has 0 N–H and O–H groups in total. The first-order valence-electron chi connectivity index (χ1n) is 6.74. The quantitative estimate of drug-likeness (QED) is 0.645. The molecule has 1 aromatic heterocycles. The number of hydrogen-bond acceptors (Lipinski definition) is 6. The number of benzene rings is 1. The Kier molecular flexibility index (Phi) is 4.29. The maximum absolute atomic E-state index is 12.5. The summed E-state index contributed by atoms with van der Waals surface area (Å²) in [5.41, 5.74) is 1.04. The van der Waals surface area contributed by atoms with Gasteiger partial charge in [0.25, 0.3) is 0 Å². The molecule has 1 aliphatic rings. The first-order chi connectivity index (χ1) is 10.7. The number of pyridine rings is 1. The van der Waals surface area contributed by atoms with E-state index in [1.165, 1.54) is 11.9 Å². The molecule has 110 valence electrons. The zero-order chi connectivity index (χ0) is 15.4. The summed E-state index contributed by atoms with van der Waals surface area (Å²) in [4.78, 5) is 20.8. The summed E-state index contributed by atoms with van der Waals surface area (Å²) in [5, 5.41) is -0.117. The van der Waals surface area contributed by atoms with Gasteiger partial charge in [0.15, 0.2) is 0 Å². The first-order valence-corrected chi connectivity index (χ1v) is 7.58. The summed E-state index contributed by atoms with van der Waals surface area (Å²) in [6.07, 6.45) is 3.22. The lowest BCUT2D eigenvalue weighted by Crippen LogP contribution is -2.29. The molecule has 3 rings (SSSR count). The van der Waals surface area contributed by atoms with E-state index in [9.17, 15) is 4.79 Å². The van der Waals surface area contributed by atoms with Crippen LogP contribution in [0.1, 0.15) is 17.3 Å². The average Bonchev–Trinajstić information content (AvgIpc) is 2.58. The zero-order valence-electron chi connectivity index (χ0n) is 11.8. The van der Waals surface area contributed by atoms with Crippen molar-refractivity contribution in [3.63, 3.8) is 0 Å². The van der Waals surface area contributed by atoms with E-state index in [1.54, 1.807) is 36.7 Å². The molecular weight excluding hydrogens is 298 g/mol. The number of carbonyl (C=O) groups is 1. The molecule has 1 unspecified atom stereocenters. The van der Waals surface area contributed by atoms with E-state index in [0.29, 0.717) is 17.0 Å². The molecule has 22 heavy (non-hydrogen) atoms. The van der Waals surface area contributed by atoms with Gasteiger partial charge in [0.05, 0.1) is 11.4 Å². The fourth-order valence-corrected chi connectivity index (χ4v) is 2.50. The van der Waals surface area contributed by atoms with Gasteiger partial charge in [-0.15, -0.1) is 0 Å². The Morgan fingerprint density at radius 1 is 1.18 bits per heavy atom. The summed E-state index contributed by atoms with van der Waals surface area (Å²) in [6.45, 7) is 1.90. The van der Waals surface area contributed by atoms with Gasteiger partial charge < -0.3 is 4.74 Å². The van der Waals surface area contributed by atoms with E-state index in [-0.39, 0.29) is 17.1 Å². The van der Waals surface area contributed by atoms with Crippen molar-refractivity contribution in [1.29, 1.82) is 0 Å². The van der Waals surface area contributed by atoms with Crippen molar-refractivity contribution >= 4 is 29.5 Å². The second-order valence-electron chi connectivity index (χ2n) is 4.60. The Hall–Kier alpha value is -2.47.